The average Bonchev–Trinajstić information content (AvgIpc) is 3.33. The van der Waals surface area contributed by atoms with Crippen molar-refractivity contribution in [3.63, 3.8) is 0 Å². The van der Waals surface area contributed by atoms with Gasteiger partial charge < -0.3 is 15.1 Å². The van der Waals surface area contributed by atoms with Gasteiger partial charge in [-0.1, -0.05) is 24.3 Å². The van der Waals surface area contributed by atoms with Gasteiger partial charge in [0.25, 0.3) is 11.8 Å². The van der Waals surface area contributed by atoms with Crippen LogP contribution in [0, 0.1) is 6.92 Å². The maximum absolute atomic E-state index is 13.6. The van der Waals surface area contributed by atoms with Crippen LogP contribution < -0.4 is 15.1 Å². The summed E-state index contributed by atoms with van der Waals surface area (Å²) in [6.07, 6.45) is 4.45. The van der Waals surface area contributed by atoms with Gasteiger partial charge in [-0.2, -0.15) is 0 Å². The Hall–Kier alpha value is -3.38. The molecule has 3 aromatic rings. The van der Waals surface area contributed by atoms with Crippen molar-refractivity contribution in [1.82, 2.24) is 10.2 Å². The number of likely N-dealkylation sites (tertiary alicyclic amines) is 1. The van der Waals surface area contributed by atoms with E-state index in [1.165, 1.54) is 25.9 Å². The number of hydrogen-bond acceptors (Lipinski definition) is 4. The second-order valence-electron chi connectivity index (χ2n) is 11.1. The number of amides is 2. The third-order valence-electron chi connectivity index (χ3n) is 8.88. The van der Waals surface area contributed by atoms with Crippen molar-refractivity contribution in [2.75, 3.05) is 43.0 Å². The van der Waals surface area contributed by atoms with Gasteiger partial charge in [0.2, 0.25) is 0 Å². The standard InChI is InChI=1S/C30H32N4O2/c1-19-8-9-20(34-17-21(18-34)33-14-3-4-15-33)16-24(19)28(35)31-30(12-13-30)25-10-11-26-27-22(25)6-5-7-23(27)29(36)32(26)2/h5-11,16,21H,3-4,12-15,17-18H2,1-2H3,(H,31,35). The average molecular weight is 481 g/mol. The van der Waals surface area contributed by atoms with Gasteiger partial charge in [-0.25, -0.2) is 0 Å². The molecule has 3 heterocycles. The van der Waals surface area contributed by atoms with E-state index >= 15 is 0 Å². The lowest BCUT2D eigenvalue weighted by Crippen LogP contribution is -2.58. The van der Waals surface area contributed by atoms with Gasteiger partial charge in [0, 0.05) is 48.4 Å². The highest BCUT2D eigenvalue weighted by atomic mass is 16.2. The molecular formula is C30H32N4O2. The molecule has 3 fully saturated rings. The highest BCUT2D eigenvalue weighted by Gasteiger charge is 2.47. The van der Waals surface area contributed by atoms with E-state index < -0.39 is 0 Å². The molecule has 6 nitrogen and oxygen atoms in total. The van der Waals surface area contributed by atoms with Gasteiger partial charge in [0.1, 0.15) is 0 Å². The highest BCUT2D eigenvalue weighted by Crippen LogP contribution is 2.50. The lowest BCUT2D eigenvalue weighted by atomic mass is 9.94. The van der Waals surface area contributed by atoms with E-state index in [0.29, 0.717) is 6.04 Å². The van der Waals surface area contributed by atoms with E-state index in [0.717, 1.165) is 70.3 Å². The quantitative estimate of drug-likeness (QED) is 0.587. The second-order valence-corrected chi connectivity index (χ2v) is 11.1. The first-order valence-corrected chi connectivity index (χ1v) is 13.2. The van der Waals surface area contributed by atoms with Crippen LogP contribution >= 0.6 is 0 Å². The lowest BCUT2D eigenvalue weighted by molar-refractivity contribution is 0.0929. The third-order valence-corrected chi connectivity index (χ3v) is 8.88. The number of rotatable bonds is 5. The molecule has 2 saturated heterocycles. The zero-order valence-corrected chi connectivity index (χ0v) is 21.0. The predicted octanol–water partition coefficient (Wildman–Crippen LogP) is 4.44. The van der Waals surface area contributed by atoms with Crippen molar-refractivity contribution in [3.8, 4) is 0 Å². The van der Waals surface area contributed by atoms with Crippen molar-refractivity contribution >= 4 is 34.0 Å². The summed E-state index contributed by atoms with van der Waals surface area (Å²) in [6, 6.07) is 17.0. The van der Waals surface area contributed by atoms with Crippen LogP contribution in [0.15, 0.2) is 48.5 Å². The van der Waals surface area contributed by atoms with Crippen LogP contribution in [0.2, 0.25) is 0 Å². The lowest BCUT2D eigenvalue weighted by Gasteiger charge is -2.45. The topological polar surface area (TPSA) is 55.9 Å². The van der Waals surface area contributed by atoms with E-state index in [1.54, 1.807) is 4.90 Å². The Bertz CT molecular complexity index is 1410. The first-order chi connectivity index (χ1) is 17.4. The molecule has 7 rings (SSSR count). The second kappa shape index (κ2) is 7.81. The molecule has 0 atom stereocenters. The van der Waals surface area contributed by atoms with Crippen molar-refractivity contribution < 1.29 is 9.59 Å². The molecule has 6 heteroatoms. The maximum atomic E-state index is 13.6. The summed E-state index contributed by atoms with van der Waals surface area (Å²) in [7, 11) is 1.83. The first kappa shape index (κ1) is 21.9. The molecular weight excluding hydrogens is 448 g/mol. The maximum Gasteiger partial charge on any atom is 0.258 e. The van der Waals surface area contributed by atoms with Crippen molar-refractivity contribution in [1.29, 1.82) is 0 Å². The van der Waals surface area contributed by atoms with Crippen LogP contribution in [0.5, 0.6) is 0 Å². The van der Waals surface area contributed by atoms with Crippen LogP contribution in [0.1, 0.15) is 57.5 Å². The third kappa shape index (κ3) is 3.20. The molecule has 0 spiro atoms. The van der Waals surface area contributed by atoms with Crippen molar-refractivity contribution in [3.05, 3.63) is 70.8 Å². The van der Waals surface area contributed by atoms with Gasteiger partial charge in [0.15, 0.2) is 0 Å². The number of aryl methyl sites for hydroxylation is 1. The van der Waals surface area contributed by atoms with E-state index in [-0.39, 0.29) is 17.4 Å². The minimum Gasteiger partial charge on any atom is -0.368 e. The summed E-state index contributed by atoms with van der Waals surface area (Å²) in [4.78, 5) is 33.1. The van der Waals surface area contributed by atoms with Crippen LogP contribution in [0.4, 0.5) is 11.4 Å². The Morgan fingerprint density at radius 3 is 2.56 bits per heavy atom. The van der Waals surface area contributed by atoms with Gasteiger partial charge in [0.05, 0.1) is 11.2 Å². The molecule has 0 aromatic heterocycles. The molecule has 1 N–H and O–H groups in total. The molecule has 3 aliphatic heterocycles. The number of benzene rings is 3. The Morgan fingerprint density at radius 1 is 1.03 bits per heavy atom. The number of hydrogen-bond donors (Lipinski definition) is 1. The fourth-order valence-electron chi connectivity index (χ4n) is 6.48. The molecule has 2 amide bonds. The summed E-state index contributed by atoms with van der Waals surface area (Å²) >= 11 is 0. The number of anilines is 2. The summed E-state index contributed by atoms with van der Waals surface area (Å²) in [5.41, 5.74) is 5.32. The summed E-state index contributed by atoms with van der Waals surface area (Å²) in [6.45, 7) is 6.55. The molecule has 3 aromatic carbocycles. The van der Waals surface area contributed by atoms with Crippen LogP contribution in [-0.2, 0) is 5.54 Å². The molecule has 0 unspecified atom stereocenters. The molecule has 0 radical (unpaired) electrons. The fraction of sp³-hybridized carbons (Fsp3) is 0.400. The van der Waals surface area contributed by atoms with E-state index in [1.807, 2.05) is 32.2 Å². The van der Waals surface area contributed by atoms with Gasteiger partial charge in [-0.05, 0) is 86.5 Å². The summed E-state index contributed by atoms with van der Waals surface area (Å²) in [5.74, 6) is 0.0203. The van der Waals surface area contributed by atoms with Crippen LogP contribution in [0.25, 0.3) is 10.8 Å². The predicted molar refractivity (Wildman–Crippen MR) is 143 cm³/mol. The van der Waals surface area contributed by atoms with E-state index in [2.05, 4.69) is 45.4 Å². The minimum absolute atomic E-state index is 0.0140. The van der Waals surface area contributed by atoms with E-state index in [9.17, 15) is 9.59 Å². The smallest absolute Gasteiger partial charge is 0.258 e. The Kier molecular flexibility index (Phi) is 4.74. The first-order valence-electron chi connectivity index (χ1n) is 13.2. The zero-order chi connectivity index (χ0) is 24.6. The summed E-state index contributed by atoms with van der Waals surface area (Å²) in [5, 5.41) is 5.48. The number of nitrogens with one attached hydrogen (secondary N) is 1. The van der Waals surface area contributed by atoms with Gasteiger partial charge in [-0.15, -0.1) is 0 Å². The molecule has 36 heavy (non-hydrogen) atoms. The zero-order valence-electron chi connectivity index (χ0n) is 21.0. The van der Waals surface area contributed by atoms with E-state index in [4.69, 9.17) is 0 Å². The Morgan fingerprint density at radius 2 is 1.81 bits per heavy atom. The molecule has 1 saturated carbocycles. The van der Waals surface area contributed by atoms with Crippen molar-refractivity contribution in [2.45, 2.75) is 44.2 Å². The fourth-order valence-corrected chi connectivity index (χ4v) is 6.48. The monoisotopic (exact) mass is 480 g/mol. The largest absolute Gasteiger partial charge is 0.368 e. The Balaban J connectivity index is 1.15. The minimum atomic E-state index is -0.376. The number of nitrogens with zero attached hydrogens (tertiary/aromatic N) is 3. The summed E-state index contributed by atoms with van der Waals surface area (Å²) < 4.78 is 0. The number of carbonyl (C=O) groups excluding carboxylic acids is 2. The molecule has 184 valence electrons. The van der Waals surface area contributed by atoms with Gasteiger partial charge >= 0.3 is 0 Å². The SMILES string of the molecule is Cc1ccc(N2CC(N3CCCC3)C2)cc1C(=O)NC1(c2ccc3c4c(cccc24)C(=O)N3C)CC1. The molecule has 1 aliphatic carbocycles. The van der Waals surface area contributed by atoms with Crippen molar-refractivity contribution in [2.24, 2.45) is 0 Å². The molecule has 4 aliphatic rings. The highest BCUT2D eigenvalue weighted by molar-refractivity contribution is 6.25. The van der Waals surface area contributed by atoms with Crippen LogP contribution in [0.3, 0.4) is 0 Å². The van der Waals surface area contributed by atoms with Crippen LogP contribution in [-0.4, -0.2) is 56.0 Å². The normalized spacial score (nSPS) is 20.8. The van der Waals surface area contributed by atoms with Gasteiger partial charge in [-0.3, -0.25) is 14.5 Å². The molecule has 0 bridgehead atoms. The number of carbonyl (C=O) groups is 2. The Labute approximate surface area is 211 Å².